The maximum absolute atomic E-state index is 12.2. The van der Waals surface area contributed by atoms with Crippen LogP contribution in [0.5, 0.6) is 23.0 Å². The average molecular weight is 545 g/mol. The van der Waals surface area contributed by atoms with Crippen molar-refractivity contribution in [1.29, 1.82) is 0 Å². The molecule has 0 radical (unpaired) electrons. The first-order valence-corrected chi connectivity index (χ1v) is 13.0. The van der Waals surface area contributed by atoms with E-state index in [1.165, 1.54) is 0 Å². The summed E-state index contributed by atoms with van der Waals surface area (Å²) in [6.45, 7) is 10.2. The Morgan fingerprint density at radius 3 is 2.61 bits per heavy atom. The fourth-order valence-corrected chi connectivity index (χ4v) is 3.77. The van der Waals surface area contributed by atoms with Gasteiger partial charge in [0.1, 0.15) is 24.2 Å². The molecule has 1 heterocycles. The zero-order chi connectivity index (χ0) is 27.7. The average Bonchev–Trinajstić information content (AvgIpc) is 2.86. The first kappa shape index (κ1) is 29.3. The SMILES string of the molecule is CCNCC(O)COc1cc2nccc(Oc3ccc(NC(=O)NCCC(C)(C)C)c(Cl)c3)c2cc1OC. The molecule has 1 atom stereocenters. The Balaban J connectivity index is 1.72. The highest BCUT2D eigenvalue weighted by Gasteiger charge is 2.15. The highest BCUT2D eigenvalue weighted by atomic mass is 35.5. The largest absolute Gasteiger partial charge is 0.493 e. The number of fused-ring (bicyclic) bond motifs is 1. The van der Waals surface area contributed by atoms with E-state index < -0.39 is 6.10 Å². The lowest BCUT2D eigenvalue weighted by Crippen LogP contribution is -2.31. The second-order valence-corrected chi connectivity index (χ2v) is 10.4. The highest BCUT2D eigenvalue weighted by molar-refractivity contribution is 6.33. The third kappa shape index (κ3) is 8.65. The summed E-state index contributed by atoms with van der Waals surface area (Å²) in [5.74, 6) is 2.00. The van der Waals surface area contributed by atoms with Gasteiger partial charge in [-0.05, 0) is 42.6 Å². The van der Waals surface area contributed by atoms with Gasteiger partial charge in [0.05, 0.1) is 23.3 Å². The molecule has 9 nitrogen and oxygen atoms in total. The number of likely N-dealkylation sites (N-methyl/N-ethyl adjacent to an activating group) is 1. The van der Waals surface area contributed by atoms with Crippen molar-refractivity contribution >= 4 is 34.2 Å². The van der Waals surface area contributed by atoms with Crippen molar-refractivity contribution in [3.8, 4) is 23.0 Å². The number of nitrogens with zero attached hydrogens (tertiary/aromatic N) is 1. The van der Waals surface area contributed by atoms with E-state index >= 15 is 0 Å². The van der Waals surface area contributed by atoms with Crippen LogP contribution >= 0.6 is 11.6 Å². The third-order valence-electron chi connectivity index (χ3n) is 5.63. The van der Waals surface area contributed by atoms with Gasteiger partial charge in [-0.25, -0.2) is 4.79 Å². The molecule has 0 bridgehead atoms. The van der Waals surface area contributed by atoms with Crippen LogP contribution in [0.3, 0.4) is 0 Å². The second-order valence-electron chi connectivity index (χ2n) is 10.0. The molecule has 0 aliphatic heterocycles. The highest BCUT2D eigenvalue weighted by Crippen LogP contribution is 2.38. The van der Waals surface area contributed by atoms with Crippen molar-refractivity contribution in [2.75, 3.05) is 38.7 Å². The Morgan fingerprint density at radius 2 is 1.92 bits per heavy atom. The first-order valence-electron chi connectivity index (χ1n) is 12.6. The molecule has 1 aromatic heterocycles. The van der Waals surface area contributed by atoms with Gasteiger partial charge in [0.2, 0.25) is 0 Å². The lowest BCUT2D eigenvalue weighted by atomic mass is 9.92. The van der Waals surface area contributed by atoms with Crippen LogP contribution in [-0.4, -0.2) is 55.6 Å². The van der Waals surface area contributed by atoms with Crippen molar-refractivity contribution in [1.82, 2.24) is 15.6 Å². The van der Waals surface area contributed by atoms with Crippen LogP contribution in [0.15, 0.2) is 42.6 Å². The van der Waals surface area contributed by atoms with Crippen molar-refractivity contribution in [3.05, 3.63) is 47.6 Å². The van der Waals surface area contributed by atoms with E-state index in [1.54, 1.807) is 49.7 Å². The quantitative estimate of drug-likeness (QED) is 0.235. The van der Waals surface area contributed by atoms with Crippen LogP contribution in [0.25, 0.3) is 10.9 Å². The van der Waals surface area contributed by atoms with Crippen molar-refractivity contribution in [2.24, 2.45) is 5.41 Å². The number of methoxy groups -OCH3 is 1. The molecule has 2 aromatic carbocycles. The molecular weight excluding hydrogens is 508 g/mol. The summed E-state index contributed by atoms with van der Waals surface area (Å²) in [5, 5.41) is 19.8. The molecule has 0 spiro atoms. The number of aromatic nitrogens is 1. The Hall–Kier alpha value is -3.27. The van der Waals surface area contributed by atoms with E-state index in [0.717, 1.165) is 13.0 Å². The monoisotopic (exact) mass is 544 g/mol. The van der Waals surface area contributed by atoms with Crippen LogP contribution < -0.4 is 30.2 Å². The predicted octanol–water partition coefficient (Wildman–Crippen LogP) is 5.60. The maximum Gasteiger partial charge on any atom is 0.319 e. The first-order chi connectivity index (χ1) is 18.1. The minimum Gasteiger partial charge on any atom is -0.493 e. The molecule has 0 aliphatic carbocycles. The molecule has 0 aliphatic rings. The number of aliphatic hydroxyl groups excluding tert-OH is 1. The van der Waals surface area contributed by atoms with Crippen LogP contribution in [0.1, 0.15) is 34.1 Å². The summed E-state index contributed by atoms with van der Waals surface area (Å²) in [6, 6.07) is 10.0. The second kappa shape index (κ2) is 13.5. The van der Waals surface area contributed by atoms with Gasteiger partial charge < -0.3 is 35.3 Å². The summed E-state index contributed by atoms with van der Waals surface area (Å²) in [5.41, 5.74) is 1.25. The molecule has 2 amide bonds. The van der Waals surface area contributed by atoms with Crippen LogP contribution in [-0.2, 0) is 0 Å². The molecule has 4 N–H and O–H groups in total. The Labute approximate surface area is 228 Å². The van der Waals surface area contributed by atoms with Gasteiger partial charge in [0.25, 0.3) is 0 Å². The number of hydrogen-bond donors (Lipinski definition) is 4. The van der Waals surface area contributed by atoms with Gasteiger partial charge in [-0.3, -0.25) is 4.98 Å². The Morgan fingerprint density at radius 1 is 1.13 bits per heavy atom. The number of carbonyl (C=O) groups is 1. The number of hydrogen-bond acceptors (Lipinski definition) is 7. The summed E-state index contributed by atoms with van der Waals surface area (Å²) in [4.78, 5) is 16.7. The van der Waals surface area contributed by atoms with Gasteiger partial charge in [0, 0.05) is 36.8 Å². The zero-order valence-corrected chi connectivity index (χ0v) is 23.3. The smallest absolute Gasteiger partial charge is 0.319 e. The fraction of sp³-hybridized carbons (Fsp3) is 0.429. The zero-order valence-electron chi connectivity index (χ0n) is 22.6. The minimum atomic E-state index is -0.658. The number of benzene rings is 2. The molecule has 10 heteroatoms. The lowest BCUT2D eigenvalue weighted by Gasteiger charge is -2.18. The maximum atomic E-state index is 12.2. The van der Waals surface area contributed by atoms with E-state index in [4.69, 9.17) is 25.8 Å². The topological polar surface area (TPSA) is 114 Å². The summed E-state index contributed by atoms with van der Waals surface area (Å²) >= 11 is 6.43. The number of rotatable bonds is 12. The number of amides is 2. The number of pyridine rings is 1. The van der Waals surface area contributed by atoms with E-state index in [1.807, 2.05) is 6.92 Å². The minimum absolute atomic E-state index is 0.110. The molecule has 206 valence electrons. The summed E-state index contributed by atoms with van der Waals surface area (Å²) in [6.07, 6.45) is 1.83. The molecule has 3 rings (SSSR count). The number of carbonyl (C=O) groups excluding carboxylic acids is 1. The number of aliphatic hydroxyl groups is 1. The van der Waals surface area contributed by atoms with Crippen molar-refractivity contribution in [2.45, 2.75) is 40.2 Å². The van der Waals surface area contributed by atoms with E-state index in [-0.39, 0.29) is 18.1 Å². The molecule has 0 saturated carbocycles. The molecule has 1 unspecified atom stereocenters. The number of urea groups is 1. The third-order valence-corrected chi connectivity index (χ3v) is 5.94. The van der Waals surface area contributed by atoms with Gasteiger partial charge in [-0.2, -0.15) is 0 Å². The van der Waals surface area contributed by atoms with Crippen LogP contribution in [0, 0.1) is 5.41 Å². The molecule has 38 heavy (non-hydrogen) atoms. The van der Waals surface area contributed by atoms with Crippen molar-refractivity contribution < 1.29 is 24.1 Å². The molecular formula is C28H37ClN4O5. The molecule has 0 saturated heterocycles. The van der Waals surface area contributed by atoms with Gasteiger partial charge in [-0.1, -0.05) is 39.3 Å². The molecule has 3 aromatic rings. The lowest BCUT2D eigenvalue weighted by molar-refractivity contribution is 0.105. The number of nitrogens with one attached hydrogen (secondary N) is 3. The van der Waals surface area contributed by atoms with Gasteiger partial charge in [0.15, 0.2) is 11.5 Å². The summed E-state index contributed by atoms with van der Waals surface area (Å²) in [7, 11) is 1.55. The van der Waals surface area contributed by atoms with Crippen LogP contribution in [0.2, 0.25) is 5.02 Å². The normalized spacial score (nSPS) is 12.2. The molecule has 0 fully saturated rings. The van der Waals surface area contributed by atoms with E-state index in [9.17, 15) is 9.90 Å². The standard InChI is InChI=1S/C28H37ClN4O5/c1-6-30-16-18(34)17-37-26-15-23-20(14-25(26)36-5)24(9-11-31-23)38-19-7-8-22(21(29)13-19)33-27(35)32-12-10-28(2,3)4/h7-9,11,13-15,18,30,34H,6,10,12,16-17H2,1-5H3,(H2,32,33,35). The van der Waals surface area contributed by atoms with E-state index in [0.29, 0.717) is 57.7 Å². The van der Waals surface area contributed by atoms with E-state index in [2.05, 4.69) is 41.7 Å². The van der Waals surface area contributed by atoms with Crippen LogP contribution in [0.4, 0.5) is 10.5 Å². The summed E-state index contributed by atoms with van der Waals surface area (Å²) < 4.78 is 17.4. The van der Waals surface area contributed by atoms with Crippen molar-refractivity contribution in [3.63, 3.8) is 0 Å². The van der Waals surface area contributed by atoms with Gasteiger partial charge >= 0.3 is 6.03 Å². The number of ether oxygens (including phenoxy) is 3. The predicted molar refractivity (Wildman–Crippen MR) is 151 cm³/mol. The Kier molecular flexibility index (Phi) is 10.4. The number of anilines is 1. The fourth-order valence-electron chi connectivity index (χ4n) is 3.55. The Bertz CT molecular complexity index is 1230. The van der Waals surface area contributed by atoms with Gasteiger partial charge in [-0.15, -0.1) is 0 Å². The number of halogens is 1.